The molecule has 1 aromatic carbocycles. The number of fused-ring (bicyclic) bond motifs is 1. The van der Waals surface area contributed by atoms with Crippen molar-refractivity contribution < 1.29 is 13.2 Å². The fraction of sp³-hybridized carbons (Fsp3) is 0.429. The van der Waals surface area contributed by atoms with Crippen LogP contribution >= 0.6 is 23.4 Å². The number of sulfone groups is 1. The Hall–Kier alpha value is -1.05. The maximum atomic E-state index is 11.9. The molecule has 0 saturated carbocycles. The lowest BCUT2D eigenvalue weighted by Gasteiger charge is -2.24. The summed E-state index contributed by atoms with van der Waals surface area (Å²) in [5.41, 5.74) is 0.894. The molecule has 0 aliphatic carbocycles. The largest absolute Gasteiger partial charge is 0.342 e. The van der Waals surface area contributed by atoms with Crippen LogP contribution in [0.15, 0.2) is 29.3 Å². The minimum absolute atomic E-state index is 0.0643. The van der Waals surface area contributed by atoms with Crippen molar-refractivity contribution in [1.29, 1.82) is 0 Å². The third-order valence-corrected chi connectivity index (χ3v) is 7.34. The highest BCUT2D eigenvalue weighted by Crippen LogP contribution is 2.39. The molecule has 8 heteroatoms. The van der Waals surface area contributed by atoms with Crippen LogP contribution in [-0.2, 0) is 21.2 Å². The predicted molar refractivity (Wildman–Crippen MR) is 88.9 cm³/mol. The van der Waals surface area contributed by atoms with E-state index in [2.05, 4.69) is 4.99 Å². The van der Waals surface area contributed by atoms with Crippen LogP contribution < -0.4 is 0 Å². The number of benzene rings is 1. The average molecular weight is 359 g/mol. The molecule has 1 amide bonds. The molecular weight excluding hydrogens is 344 g/mol. The normalized spacial score (nSPS) is 28.1. The van der Waals surface area contributed by atoms with Crippen LogP contribution in [0.25, 0.3) is 0 Å². The van der Waals surface area contributed by atoms with Crippen LogP contribution in [0.5, 0.6) is 0 Å². The van der Waals surface area contributed by atoms with Gasteiger partial charge in [-0.25, -0.2) is 8.42 Å². The van der Waals surface area contributed by atoms with Gasteiger partial charge in [0.2, 0.25) is 5.91 Å². The number of aliphatic imine (C=N–C) groups is 1. The summed E-state index contributed by atoms with van der Waals surface area (Å²) in [7, 11) is -3.03. The third-order valence-electron chi connectivity index (χ3n) is 3.73. The molecule has 1 aromatic rings. The topological polar surface area (TPSA) is 66.8 Å². The van der Waals surface area contributed by atoms with Gasteiger partial charge in [0.25, 0.3) is 0 Å². The molecule has 0 N–H and O–H groups in total. The molecule has 0 unspecified atom stereocenters. The summed E-state index contributed by atoms with van der Waals surface area (Å²) >= 11 is 7.57. The molecule has 0 bridgehead atoms. The molecule has 0 aromatic heterocycles. The van der Waals surface area contributed by atoms with Crippen LogP contribution in [-0.4, -0.2) is 47.2 Å². The number of halogens is 1. The van der Waals surface area contributed by atoms with E-state index in [1.165, 1.54) is 18.7 Å². The van der Waals surface area contributed by atoms with Crippen LogP contribution in [0.2, 0.25) is 5.02 Å². The Kier molecular flexibility index (Phi) is 4.22. The number of hydrogen-bond donors (Lipinski definition) is 0. The van der Waals surface area contributed by atoms with Crippen molar-refractivity contribution in [3.63, 3.8) is 0 Å². The highest BCUT2D eigenvalue weighted by molar-refractivity contribution is 8.15. The fourth-order valence-electron chi connectivity index (χ4n) is 2.77. The lowest BCUT2D eigenvalue weighted by molar-refractivity contribution is -0.115. The number of amidine groups is 1. The summed E-state index contributed by atoms with van der Waals surface area (Å²) in [5.74, 6) is -0.0425. The molecule has 2 heterocycles. The van der Waals surface area contributed by atoms with Gasteiger partial charge in [-0.05, 0) is 11.6 Å². The summed E-state index contributed by atoms with van der Waals surface area (Å²) < 4.78 is 23.7. The Bertz CT molecular complexity index is 748. The number of amides is 1. The molecule has 22 heavy (non-hydrogen) atoms. The summed E-state index contributed by atoms with van der Waals surface area (Å²) in [5, 5.41) is 1.15. The Balaban J connectivity index is 1.93. The minimum Gasteiger partial charge on any atom is -0.342 e. The van der Waals surface area contributed by atoms with E-state index in [0.717, 1.165) is 5.56 Å². The number of thioether (sulfide) groups is 1. The third kappa shape index (κ3) is 3.16. The van der Waals surface area contributed by atoms with Crippen molar-refractivity contribution in [3.8, 4) is 0 Å². The molecule has 3 rings (SSSR count). The first-order chi connectivity index (χ1) is 10.4. The predicted octanol–water partition coefficient (Wildman–Crippen LogP) is 1.96. The zero-order chi connectivity index (χ0) is 15.9. The maximum Gasteiger partial charge on any atom is 0.244 e. The molecule has 2 aliphatic heterocycles. The highest BCUT2D eigenvalue weighted by Gasteiger charge is 2.48. The van der Waals surface area contributed by atoms with Gasteiger partial charge in [0.1, 0.15) is 0 Å². The van der Waals surface area contributed by atoms with E-state index < -0.39 is 9.84 Å². The Morgan fingerprint density at radius 3 is 2.82 bits per heavy atom. The lowest BCUT2D eigenvalue weighted by Crippen LogP contribution is -2.37. The minimum atomic E-state index is -3.03. The van der Waals surface area contributed by atoms with Crippen molar-refractivity contribution in [1.82, 2.24) is 4.90 Å². The first kappa shape index (κ1) is 15.8. The average Bonchev–Trinajstić information content (AvgIpc) is 2.85. The number of nitrogens with zero attached hydrogens (tertiary/aromatic N) is 2. The summed E-state index contributed by atoms with van der Waals surface area (Å²) in [6, 6.07) is 7.27. The molecule has 2 fully saturated rings. The van der Waals surface area contributed by atoms with E-state index in [1.807, 2.05) is 23.1 Å². The Morgan fingerprint density at radius 2 is 2.14 bits per heavy atom. The van der Waals surface area contributed by atoms with Gasteiger partial charge in [0.15, 0.2) is 15.0 Å². The van der Waals surface area contributed by atoms with E-state index in [-0.39, 0.29) is 28.7 Å². The summed E-state index contributed by atoms with van der Waals surface area (Å²) in [6.45, 7) is 1.85. The quantitative estimate of drug-likeness (QED) is 0.808. The van der Waals surface area contributed by atoms with Gasteiger partial charge < -0.3 is 4.90 Å². The van der Waals surface area contributed by atoms with Crippen molar-refractivity contribution >= 4 is 44.3 Å². The molecule has 0 spiro atoms. The molecule has 0 radical (unpaired) electrons. The van der Waals surface area contributed by atoms with Crippen molar-refractivity contribution in [2.24, 2.45) is 4.99 Å². The first-order valence-electron chi connectivity index (χ1n) is 6.82. The monoisotopic (exact) mass is 358 g/mol. The summed E-state index contributed by atoms with van der Waals surface area (Å²) in [4.78, 5) is 17.3. The van der Waals surface area contributed by atoms with Gasteiger partial charge in [-0.15, -0.1) is 0 Å². The van der Waals surface area contributed by atoms with E-state index in [1.54, 1.807) is 6.07 Å². The summed E-state index contributed by atoms with van der Waals surface area (Å²) in [6.07, 6.45) is 0. The second-order valence-electron chi connectivity index (χ2n) is 5.43. The van der Waals surface area contributed by atoms with Gasteiger partial charge in [0.05, 0.1) is 17.5 Å². The van der Waals surface area contributed by atoms with Gasteiger partial charge in [-0.2, -0.15) is 4.99 Å². The molecule has 2 aliphatic rings. The van der Waals surface area contributed by atoms with Gasteiger partial charge >= 0.3 is 0 Å². The number of carbonyl (C=O) groups excluding carboxylic acids is 1. The standard InChI is InChI=1S/C14H15ClN2O3S2/c1-9(18)16-14-17(6-10-4-2-3-5-11(10)15)12-7-22(19,20)8-13(12)21-14/h2-5,12-13H,6-8H2,1H3/t12-,13+/m1/s1. The van der Waals surface area contributed by atoms with Crippen molar-refractivity contribution in [3.05, 3.63) is 34.9 Å². The number of rotatable bonds is 2. The first-order valence-corrected chi connectivity index (χ1v) is 9.90. The molecule has 2 saturated heterocycles. The smallest absolute Gasteiger partial charge is 0.244 e. The van der Waals surface area contributed by atoms with Crippen LogP contribution in [0.1, 0.15) is 12.5 Å². The van der Waals surface area contributed by atoms with E-state index in [0.29, 0.717) is 16.7 Å². The molecule has 118 valence electrons. The van der Waals surface area contributed by atoms with E-state index >= 15 is 0 Å². The van der Waals surface area contributed by atoms with E-state index in [4.69, 9.17) is 11.6 Å². The SMILES string of the molecule is CC(=O)N=C1S[C@H]2CS(=O)(=O)C[C@H]2N1Cc1ccccc1Cl. The number of carbonyl (C=O) groups is 1. The van der Waals surface area contributed by atoms with Gasteiger partial charge in [-0.1, -0.05) is 41.6 Å². The Labute approximate surface area is 138 Å². The molecule has 5 nitrogen and oxygen atoms in total. The second-order valence-corrected chi connectivity index (χ2v) is 9.20. The zero-order valence-electron chi connectivity index (χ0n) is 11.9. The highest BCUT2D eigenvalue weighted by atomic mass is 35.5. The zero-order valence-corrected chi connectivity index (χ0v) is 14.3. The molecular formula is C14H15ClN2O3S2. The maximum absolute atomic E-state index is 11.9. The van der Waals surface area contributed by atoms with Crippen LogP contribution in [0.3, 0.4) is 0 Å². The fourth-order valence-corrected chi connectivity index (χ4v) is 6.96. The van der Waals surface area contributed by atoms with Crippen LogP contribution in [0, 0.1) is 0 Å². The van der Waals surface area contributed by atoms with E-state index in [9.17, 15) is 13.2 Å². The molecule has 2 atom stereocenters. The second kappa shape index (κ2) is 5.86. The van der Waals surface area contributed by atoms with Crippen molar-refractivity contribution in [2.45, 2.75) is 24.8 Å². The van der Waals surface area contributed by atoms with Gasteiger partial charge in [-0.3, -0.25) is 4.79 Å². The lowest BCUT2D eigenvalue weighted by atomic mass is 10.1. The van der Waals surface area contributed by atoms with Crippen molar-refractivity contribution in [2.75, 3.05) is 11.5 Å². The number of hydrogen-bond acceptors (Lipinski definition) is 4. The Morgan fingerprint density at radius 1 is 1.41 bits per heavy atom. The van der Waals surface area contributed by atoms with Gasteiger partial charge in [0, 0.05) is 23.7 Å². The van der Waals surface area contributed by atoms with Crippen LogP contribution in [0.4, 0.5) is 0 Å².